The molecule has 0 saturated carbocycles. The van der Waals surface area contributed by atoms with Crippen LogP contribution < -0.4 is 0 Å². The Kier molecular flexibility index (Phi) is 5.75. The number of esters is 2. The van der Waals surface area contributed by atoms with E-state index in [1.807, 2.05) is 97.4 Å². The van der Waals surface area contributed by atoms with E-state index in [0.717, 1.165) is 22.0 Å². The summed E-state index contributed by atoms with van der Waals surface area (Å²) in [7, 11) is 4.44. The summed E-state index contributed by atoms with van der Waals surface area (Å²) >= 11 is 0. The molecule has 6 nitrogen and oxygen atoms in total. The van der Waals surface area contributed by atoms with Crippen molar-refractivity contribution in [3.8, 4) is 0 Å². The first-order valence-corrected chi connectivity index (χ1v) is 11.8. The number of hydrogen-bond donors (Lipinski definition) is 0. The van der Waals surface area contributed by atoms with Gasteiger partial charge in [0.25, 0.3) is 0 Å². The van der Waals surface area contributed by atoms with E-state index < -0.39 is 35.0 Å². The van der Waals surface area contributed by atoms with Gasteiger partial charge in [-0.25, -0.2) is 4.79 Å². The molecule has 0 fully saturated rings. The number of carbonyl (C=O) groups is 3. The van der Waals surface area contributed by atoms with E-state index in [-0.39, 0.29) is 0 Å². The SMILES string of the molecule is COC(=O)C(=O)[C@H]1c2c(c3cccc(C)c3n2C)[C@@](C(=O)OC)(c2ccccc2)[C@@H]1c1ccccc1. The van der Waals surface area contributed by atoms with Gasteiger partial charge in [-0.2, -0.15) is 0 Å². The zero-order chi connectivity index (χ0) is 25.6. The molecule has 0 unspecified atom stereocenters. The van der Waals surface area contributed by atoms with E-state index in [0.29, 0.717) is 16.8 Å². The molecular weight excluding hydrogens is 454 g/mol. The quantitative estimate of drug-likeness (QED) is 0.308. The minimum Gasteiger partial charge on any atom is -0.468 e. The number of para-hydroxylation sites is 1. The van der Waals surface area contributed by atoms with Crippen molar-refractivity contribution >= 4 is 28.6 Å². The van der Waals surface area contributed by atoms with Crippen molar-refractivity contribution in [3.05, 3.63) is 107 Å². The van der Waals surface area contributed by atoms with Gasteiger partial charge in [-0.15, -0.1) is 0 Å². The van der Waals surface area contributed by atoms with E-state index >= 15 is 0 Å². The van der Waals surface area contributed by atoms with Crippen LogP contribution in [0.2, 0.25) is 0 Å². The molecule has 1 heterocycles. The molecule has 1 aliphatic rings. The van der Waals surface area contributed by atoms with Crippen molar-refractivity contribution < 1.29 is 23.9 Å². The Balaban J connectivity index is 2.02. The topological polar surface area (TPSA) is 74.6 Å². The van der Waals surface area contributed by atoms with Gasteiger partial charge in [0.1, 0.15) is 5.41 Å². The van der Waals surface area contributed by atoms with Gasteiger partial charge in [0.05, 0.1) is 25.7 Å². The van der Waals surface area contributed by atoms with Crippen molar-refractivity contribution in [1.82, 2.24) is 4.57 Å². The monoisotopic (exact) mass is 481 g/mol. The van der Waals surface area contributed by atoms with Gasteiger partial charge in [-0.1, -0.05) is 78.9 Å². The van der Waals surface area contributed by atoms with Crippen LogP contribution in [0.5, 0.6) is 0 Å². The Morgan fingerprint density at radius 3 is 2.08 bits per heavy atom. The number of fused-ring (bicyclic) bond motifs is 3. The number of ether oxygens (including phenoxy) is 2. The number of hydrogen-bond acceptors (Lipinski definition) is 5. The lowest BCUT2D eigenvalue weighted by Gasteiger charge is -2.36. The summed E-state index contributed by atoms with van der Waals surface area (Å²) < 4.78 is 12.4. The van der Waals surface area contributed by atoms with Crippen molar-refractivity contribution in [2.75, 3.05) is 14.2 Å². The van der Waals surface area contributed by atoms with Crippen molar-refractivity contribution in [1.29, 1.82) is 0 Å². The third-order valence-electron chi connectivity index (χ3n) is 7.51. The lowest BCUT2D eigenvalue weighted by atomic mass is 9.64. The molecule has 4 aromatic rings. The van der Waals surface area contributed by atoms with Gasteiger partial charge in [0.2, 0.25) is 5.78 Å². The summed E-state index contributed by atoms with van der Waals surface area (Å²) in [4.78, 5) is 40.8. The van der Waals surface area contributed by atoms with Crippen LogP contribution in [-0.2, 0) is 36.3 Å². The number of methoxy groups -OCH3 is 2. The number of benzene rings is 3. The third-order valence-corrected chi connectivity index (χ3v) is 7.51. The number of carbonyl (C=O) groups excluding carboxylic acids is 3. The van der Waals surface area contributed by atoms with E-state index in [1.165, 1.54) is 14.2 Å². The second-order valence-electron chi connectivity index (χ2n) is 9.18. The summed E-state index contributed by atoms with van der Waals surface area (Å²) in [6, 6.07) is 24.7. The highest BCUT2D eigenvalue weighted by Crippen LogP contribution is 2.62. The molecule has 3 aromatic carbocycles. The predicted molar refractivity (Wildman–Crippen MR) is 136 cm³/mol. The van der Waals surface area contributed by atoms with Gasteiger partial charge >= 0.3 is 11.9 Å². The standard InChI is InChI=1S/C30H27NO5/c1-18-12-11-17-21-24-26(31(2)25(18)21)22(27(32)28(33)35-3)23(19-13-7-5-8-14-19)30(24,29(34)36-4)20-15-9-6-10-16-20/h5-17,22-23H,1-4H3/t22-,23-,30-/m1/s1. The molecule has 0 saturated heterocycles. The van der Waals surface area contributed by atoms with Crippen molar-refractivity contribution in [2.24, 2.45) is 7.05 Å². The highest BCUT2D eigenvalue weighted by molar-refractivity contribution is 6.36. The first-order chi connectivity index (χ1) is 17.4. The fourth-order valence-corrected chi connectivity index (χ4v) is 6.21. The maximum Gasteiger partial charge on any atom is 0.375 e. The molecule has 0 bridgehead atoms. The highest BCUT2D eigenvalue weighted by Gasteiger charge is 2.64. The van der Waals surface area contributed by atoms with Crippen LogP contribution in [0, 0.1) is 6.92 Å². The zero-order valence-electron chi connectivity index (χ0n) is 20.6. The smallest absolute Gasteiger partial charge is 0.375 e. The van der Waals surface area contributed by atoms with Crippen molar-refractivity contribution in [2.45, 2.75) is 24.2 Å². The molecule has 5 rings (SSSR count). The van der Waals surface area contributed by atoms with Crippen LogP contribution in [-0.4, -0.2) is 36.5 Å². The second kappa shape index (κ2) is 8.79. The summed E-state index contributed by atoms with van der Waals surface area (Å²) in [5.41, 5.74) is 3.29. The Bertz CT molecular complexity index is 1490. The van der Waals surface area contributed by atoms with Gasteiger partial charge in [-0.05, 0) is 23.6 Å². The molecule has 182 valence electrons. The van der Waals surface area contributed by atoms with Gasteiger partial charge in [0.15, 0.2) is 0 Å². The van der Waals surface area contributed by atoms with Gasteiger partial charge in [0, 0.05) is 29.6 Å². The fourth-order valence-electron chi connectivity index (χ4n) is 6.21. The van der Waals surface area contributed by atoms with Crippen LogP contribution in [0.1, 0.15) is 39.8 Å². The first kappa shape index (κ1) is 23.5. The zero-order valence-corrected chi connectivity index (χ0v) is 20.6. The number of aryl methyl sites for hydroxylation is 2. The minimum absolute atomic E-state index is 0.488. The molecule has 0 spiro atoms. The Hall–Kier alpha value is -4.19. The van der Waals surface area contributed by atoms with E-state index in [2.05, 4.69) is 0 Å². The van der Waals surface area contributed by atoms with Crippen LogP contribution >= 0.6 is 0 Å². The Labute approximate surface area is 209 Å². The molecule has 1 aliphatic carbocycles. The van der Waals surface area contributed by atoms with Gasteiger partial charge in [-0.3, -0.25) is 9.59 Å². The fraction of sp³-hybridized carbons (Fsp3) is 0.233. The minimum atomic E-state index is -1.38. The molecule has 36 heavy (non-hydrogen) atoms. The van der Waals surface area contributed by atoms with E-state index in [1.54, 1.807) is 0 Å². The number of aromatic nitrogens is 1. The number of Topliss-reactive ketones (excluding diaryl/α,β-unsaturated/α-hetero) is 1. The summed E-state index contributed by atoms with van der Waals surface area (Å²) in [6.07, 6.45) is 0. The Morgan fingerprint density at radius 2 is 1.47 bits per heavy atom. The lowest BCUT2D eigenvalue weighted by molar-refractivity contribution is -0.153. The highest BCUT2D eigenvalue weighted by atomic mass is 16.5. The molecule has 0 radical (unpaired) electrons. The van der Waals surface area contributed by atoms with Gasteiger partial charge < -0.3 is 14.0 Å². The molecular formula is C30H27NO5. The van der Waals surface area contributed by atoms with Crippen LogP contribution in [0.25, 0.3) is 10.9 Å². The molecule has 0 aliphatic heterocycles. The first-order valence-electron chi connectivity index (χ1n) is 11.8. The molecule has 0 N–H and O–H groups in total. The summed E-state index contributed by atoms with van der Waals surface area (Å²) in [5.74, 6) is -3.83. The second-order valence-corrected chi connectivity index (χ2v) is 9.18. The number of nitrogens with zero attached hydrogens (tertiary/aromatic N) is 1. The molecule has 1 aromatic heterocycles. The average Bonchev–Trinajstić information content (AvgIpc) is 3.40. The largest absolute Gasteiger partial charge is 0.468 e. The van der Waals surface area contributed by atoms with E-state index in [4.69, 9.17) is 9.47 Å². The van der Waals surface area contributed by atoms with Crippen LogP contribution in [0.4, 0.5) is 0 Å². The third kappa shape index (κ3) is 3.07. The molecule has 6 heteroatoms. The molecule has 3 atom stereocenters. The van der Waals surface area contributed by atoms with Crippen LogP contribution in [0.3, 0.4) is 0 Å². The summed E-state index contributed by atoms with van der Waals surface area (Å²) in [5, 5.41) is 0.850. The lowest BCUT2D eigenvalue weighted by Crippen LogP contribution is -2.43. The number of ketones is 1. The van der Waals surface area contributed by atoms with E-state index in [9.17, 15) is 14.4 Å². The summed E-state index contributed by atoms with van der Waals surface area (Å²) in [6.45, 7) is 1.99. The Morgan fingerprint density at radius 1 is 0.833 bits per heavy atom. The number of rotatable bonds is 5. The predicted octanol–water partition coefficient (Wildman–Crippen LogP) is 4.57. The maximum atomic E-state index is 14.2. The van der Waals surface area contributed by atoms with Crippen LogP contribution in [0.15, 0.2) is 78.9 Å². The molecule has 0 amide bonds. The average molecular weight is 482 g/mol. The normalized spacial score (nSPS) is 20.7. The maximum absolute atomic E-state index is 14.2. The van der Waals surface area contributed by atoms with Crippen molar-refractivity contribution in [3.63, 3.8) is 0 Å².